The van der Waals surface area contributed by atoms with Gasteiger partial charge in [-0.1, -0.05) is 0 Å². The molecule has 2 atom stereocenters. The first-order valence-electron chi connectivity index (χ1n) is 5.21. The molecule has 1 aromatic rings. The molecule has 0 aliphatic carbocycles. The van der Waals surface area contributed by atoms with Crippen LogP contribution in [-0.4, -0.2) is 28.7 Å². The molecular weight excluding hydrogens is 192 g/mol. The molecule has 1 saturated heterocycles. The summed E-state index contributed by atoms with van der Waals surface area (Å²) in [5.41, 5.74) is 6.08. The van der Waals surface area contributed by atoms with Crippen molar-refractivity contribution in [1.29, 1.82) is 0 Å². The van der Waals surface area contributed by atoms with Gasteiger partial charge in [0, 0.05) is 6.61 Å². The highest BCUT2D eigenvalue weighted by molar-refractivity contribution is 5.36. The third-order valence-corrected chi connectivity index (χ3v) is 2.55. The predicted octanol–water partition coefficient (Wildman–Crippen LogP) is 1.04. The van der Waals surface area contributed by atoms with Crippen LogP contribution in [0.4, 0.5) is 11.6 Å². The van der Waals surface area contributed by atoms with Crippen molar-refractivity contribution in [2.75, 3.05) is 17.7 Å². The molecule has 0 spiro atoms. The second-order valence-corrected chi connectivity index (χ2v) is 3.82. The molecule has 5 heteroatoms. The molecule has 1 aromatic heterocycles. The van der Waals surface area contributed by atoms with Gasteiger partial charge < -0.3 is 15.8 Å². The number of ether oxygens (including phenoxy) is 1. The van der Waals surface area contributed by atoms with Gasteiger partial charge in [0.05, 0.1) is 30.2 Å². The van der Waals surface area contributed by atoms with E-state index in [1.807, 2.05) is 0 Å². The molecule has 1 aliphatic heterocycles. The summed E-state index contributed by atoms with van der Waals surface area (Å²) in [7, 11) is 0. The summed E-state index contributed by atoms with van der Waals surface area (Å²) in [6.07, 6.45) is 5.70. The second kappa shape index (κ2) is 4.44. The molecule has 82 valence electrons. The number of hydrogen-bond acceptors (Lipinski definition) is 5. The van der Waals surface area contributed by atoms with Crippen LogP contribution in [0.25, 0.3) is 0 Å². The monoisotopic (exact) mass is 208 g/mol. The van der Waals surface area contributed by atoms with Crippen LogP contribution in [0, 0.1) is 0 Å². The fourth-order valence-corrected chi connectivity index (χ4v) is 1.71. The third kappa shape index (κ3) is 2.56. The Bertz CT molecular complexity index is 308. The lowest BCUT2D eigenvalue weighted by molar-refractivity contribution is 0.0994. The maximum Gasteiger partial charge on any atom is 0.223 e. The molecule has 15 heavy (non-hydrogen) atoms. The molecule has 0 aromatic carbocycles. The van der Waals surface area contributed by atoms with Gasteiger partial charge in [-0.15, -0.1) is 0 Å². The standard InChI is InChI=1S/C10H16N4O/c1-7(9-3-2-4-15-9)14-10-12-5-8(11)6-13-10/h5-7,9H,2-4,11H2,1H3,(H,12,13,14). The Morgan fingerprint density at radius 1 is 1.53 bits per heavy atom. The second-order valence-electron chi connectivity index (χ2n) is 3.82. The molecule has 0 saturated carbocycles. The van der Waals surface area contributed by atoms with Gasteiger partial charge in [-0.05, 0) is 19.8 Å². The summed E-state index contributed by atoms with van der Waals surface area (Å²) < 4.78 is 5.57. The van der Waals surface area contributed by atoms with Crippen LogP contribution >= 0.6 is 0 Å². The van der Waals surface area contributed by atoms with Crippen molar-refractivity contribution < 1.29 is 4.74 Å². The van der Waals surface area contributed by atoms with Crippen LogP contribution in [0.3, 0.4) is 0 Å². The first-order valence-corrected chi connectivity index (χ1v) is 5.21. The van der Waals surface area contributed by atoms with Crippen molar-refractivity contribution in [3.63, 3.8) is 0 Å². The van der Waals surface area contributed by atoms with Gasteiger partial charge in [-0.25, -0.2) is 9.97 Å². The Labute approximate surface area is 89.1 Å². The molecule has 1 fully saturated rings. The van der Waals surface area contributed by atoms with Gasteiger partial charge in [0.2, 0.25) is 5.95 Å². The Kier molecular flexibility index (Phi) is 3.01. The number of aromatic nitrogens is 2. The molecule has 0 amide bonds. The fraction of sp³-hybridized carbons (Fsp3) is 0.600. The van der Waals surface area contributed by atoms with Crippen molar-refractivity contribution in [1.82, 2.24) is 9.97 Å². The van der Waals surface area contributed by atoms with Gasteiger partial charge in [-0.2, -0.15) is 0 Å². The van der Waals surface area contributed by atoms with Crippen LogP contribution in [0.2, 0.25) is 0 Å². The van der Waals surface area contributed by atoms with Crippen molar-refractivity contribution in [2.45, 2.75) is 31.9 Å². The Morgan fingerprint density at radius 2 is 2.27 bits per heavy atom. The van der Waals surface area contributed by atoms with E-state index in [9.17, 15) is 0 Å². The molecule has 1 aliphatic rings. The third-order valence-electron chi connectivity index (χ3n) is 2.55. The largest absolute Gasteiger partial charge is 0.396 e. The van der Waals surface area contributed by atoms with E-state index >= 15 is 0 Å². The summed E-state index contributed by atoms with van der Waals surface area (Å²) in [6.45, 7) is 2.94. The van der Waals surface area contributed by atoms with E-state index in [2.05, 4.69) is 22.2 Å². The minimum atomic E-state index is 0.233. The zero-order chi connectivity index (χ0) is 10.7. The normalized spacial score (nSPS) is 22.6. The molecule has 3 N–H and O–H groups in total. The Morgan fingerprint density at radius 3 is 2.87 bits per heavy atom. The van der Waals surface area contributed by atoms with Crippen molar-refractivity contribution in [2.24, 2.45) is 0 Å². The average Bonchev–Trinajstić information content (AvgIpc) is 2.74. The highest BCUT2D eigenvalue weighted by atomic mass is 16.5. The van der Waals surface area contributed by atoms with Crippen LogP contribution in [0.5, 0.6) is 0 Å². The van der Waals surface area contributed by atoms with Gasteiger partial charge >= 0.3 is 0 Å². The zero-order valence-electron chi connectivity index (χ0n) is 8.81. The summed E-state index contributed by atoms with van der Waals surface area (Å²) in [5.74, 6) is 0.604. The van der Waals surface area contributed by atoms with E-state index in [0.29, 0.717) is 11.6 Å². The SMILES string of the molecule is CC(Nc1ncc(N)cn1)C1CCCO1. The molecule has 2 rings (SSSR count). The van der Waals surface area contributed by atoms with E-state index in [1.165, 1.54) is 0 Å². The number of nitrogens with zero attached hydrogens (tertiary/aromatic N) is 2. The lowest BCUT2D eigenvalue weighted by Gasteiger charge is -2.19. The quantitative estimate of drug-likeness (QED) is 0.776. The minimum absolute atomic E-state index is 0.233. The number of nitrogen functional groups attached to an aromatic ring is 1. The van der Waals surface area contributed by atoms with E-state index in [-0.39, 0.29) is 12.1 Å². The van der Waals surface area contributed by atoms with Gasteiger partial charge in [-0.3, -0.25) is 0 Å². The summed E-state index contributed by atoms with van der Waals surface area (Å²) in [5, 5.41) is 3.21. The van der Waals surface area contributed by atoms with Crippen molar-refractivity contribution in [3.8, 4) is 0 Å². The van der Waals surface area contributed by atoms with Crippen molar-refractivity contribution in [3.05, 3.63) is 12.4 Å². The van der Waals surface area contributed by atoms with Gasteiger partial charge in [0.15, 0.2) is 0 Å². The number of rotatable bonds is 3. The first kappa shape index (κ1) is 10.2. The summed E-state index contributed by atoms with van der Waals surface area (Å²) >= 11 is 0. The van der Waals surface area contributed by atoms with E-state index < -0.39 is 0 Å². The van der Waals surface area contributed by atoms with E-state index in [1.54, 1.807) is 12.4 Å². The average molecular weight is 208 g/mol. The van der Waals surface area contributed by atoms with Crippen LogP contribution in [0.1, 0.15) is 19.8 Å². The highest BCUT2D eigenvalue weighted by Crippen LogP contribution is 2.17. The van der Waals surface area contributed by atoms with Crippen LogP contribution in [-0.2, 0) is 4.74 Å². The number of nitrogens with one attached hydrogen (secondary N) is 1. The molecule has 0 radical (unpaired) electrons. The smallest absolute Gasteiger partial charge is 0.223 e. The lowest BCUT2D eigenvalue weighted by Crippen LogP contribution is -2.30. The molecule has 2 heterocycles. The Balaban J connectivity index is 1.92. The molecular formula is C10H16N4O. The molecule has 0 bridgehead atoms. The van der Waals surface area contributed by atoms with E-state index in [4.69, 9.17) is 10.5 Å². The topological polar surface area (TPSA) is 73.1 Å². The van der Waals surface area contributed by atoms with Crippen LogP contribution in [0.15, 0.2) is 12.4 Å². The maximum absolute atomic E-state index is 5.57. The van der Waals surface area contributed by atoms with E-state index in [0.717, 1.165) is 19.4 Å². The summed E-state index contributed by atoms with van der Waals surface area (Å²) in [4.78, 5) is 8.17. The number of anilines is 2. The minimum Gasteiger partial charge on any atom is -0.396 e. The molecule has 5 nitrogen and oxygen atoms in total. The lowest BCUT2D eigenvalue weighted by atomic mass is 10.1. The van der Waals surface area contributed by atoms with Crippen LogP contribution < -0.4 is 11.1 Å². The van der Waals surface area contributed by atoms with Gasteiger partial charge in [0.25, 0.3) is 0 Å². The van der Waals surface area contributed by atoms with Gasteiger partial charge in [0.1, 0.15) is 0 Å². The zero-order valence-corrected chi connectivity index (χ0v) is 8.81. The highest BCUT2D eigenvalue weighted by Gasteiger charge is 2.22. The summed E-state index contributed by atoms with van der Waals surface area (Å²) in [6, 6.07) is 0.233. The molecule has 2 unspecified atom stereocenters. The maximum atomic E-state index is 5.57. The number of hydrogen-bond donors (Lipinski definition) is 2. The van der Waals surface area contributed by atoms with Crippen molar-refractivity contribution >= 4 is 11.6 Å². The number of nitrogens with two attached hydrogens (primary N) is 1. The Hall–Kier alpha value is -1.36. The first-order chi connectivity index (χ1) is 7.25. The predicted molar refractivity (Wildman–Crippen MR) is 58.5 cm³/mol. The fourth-order valence-electron chi connectivity index (χ4n) is 1.71.